The molecule has 2 aromatic rings. The fourth-order valence-corrected chi connectivity index (χ4v) is 1.86. The Morgan fingerprint density at radius 1 is 1.32 bits per heavy atom. The van der Waals surface area contributed by atoms with Crippen LogP contribution in [0.3, 0.4) is 0 Å². The molecular formula is C15H14N2O2. The molecule has 2 rings (SSSR count). The Morgan fingerprint density at radius 2 is 2.11 bits per heavy atom. The third kappa shape index (κ3) is 3.02. The Hall–Kier alpha value is -2.54. The van der Waals surface area contributed by atoms with Gasteiger partial charge in [0.05, 0.1) is 0 Å². The molecule has 96 valence electrons. The number of nitriles is 1. The Bertz CT molecular complexity index is 696. The summed E-state index contributed by atoms with van der Waals surface area (Å²) in [6.45, 7) is 3.96. The van der Waals surface area contributed by atoms with Crippen LogP contribution in [0.4, 0.5) is 0 Å². The largest absolute Gasteiger partial charge is 0.489 e. The monoisotopic (exact) mass is 254 g/mol. The van der Waals surface area contributed by atoms with E-state index < -0.39 is 0 Å². The van der Waals surface area contributed by atoms with E-state index in [2.05, 4.69) is 4.98 Å². The summed E-state index contributed by atoms with van der Waals surface area (Å²) < 4.78 is 5.62. The van der Waals surface area contributed by atoms with Gasteiger partial charge in [0.1, 0.15) is 24.0 Å². The second-order valence-electron chi connectivity index (χ2n) is 4.40. The molecule has 0 amide bonds. The molecular weight excluding hydrogens is 240 g/mol. The lowest BCUT2D eigenvalue weighted by Crippen LogP contribution is -2.15. The highest BCUT2D eigenvalue weighted by atomic mass is 16.5. The van der Waals surface area contributed by atoms with Crippen LogP contribution in [0, 0.1) is 25.2 Å². The topological polar surface area (TPSA) is 65.9 Å². The van der Waals surface area contributed by atoms with Gasteiger partial charge in [-0.2, -0.15) is 5.26 Å². The third-order valence-corrected chi connectivity index (χ3v) is 2.75. The Morgan fingerprint density at radius 3 is 2.79 bits per heavy atom. The highest BCUT2D eigenvalue weighted by Gasteiger charge is 2.08. The second-order valence-corrected chi connectivity index (χ2v) is 4.40. The number of nitrogens with one attached hydrogen (secondary N) is 1. The summed E-state index contributed by atoms with van der Waals surface area (Å²) in [4.78, 5) is 14.2. The molecule has 0 saturated heterocycles. The van der Waals surface area contributed by atoms with Crippen LogP contribution in [-0.2, 0) is 6.61 Å². The van der Waals surface area contributed by atoms with Crippen molar-refractivity contribution in [2.75, 3.05) is 0 Å². The highest BCUT2D eigenvalue weighted by Crippen LogP contribution is 2.15. The standard InChI is InChI=1S/C15H14N2O2/c1-10-4-3-5-13(6-10)19-9-12-7-11(2)17-15(18)14(12)8-16/h3-7H,9H2,1-2H3,(H,17,18). The van der Waals surface area contributed by atoms with E-state index in [0.29, 0.717) is 11.3 Å². The number of H-pyrrole nitrogens is 1. The average Bonchev–Trinajstić information content (AvgIpc) is 2.36. The van der Waals surface area contributed by atoms with Crippen molar-refractivity contribution in [1.29, 1.82) is 5.26 Å². The summed E-state index contributed by atoms with van der Waals surface area (Å²) in [5.41, 5.74) is 2.15. The van der Waals surface area contributed by atoms with Gasteiger partial charge in [-0.3, -0.25) is 4.79 Å². The molecule has 0 atom stereocenters. The first-order chi connectivity index (χ1) is 9.10. The van der Waals surface area contributed by atoms with Gasteiger partial charge in [-0.15, -0.1) is 0 Å². The first-order valence-electron chi connectivity index (χ1n) is 5.92. The van der Waals surface area contributed by atoms with E-state index in [-0.39, 0.29) is 17.7 Å². The SMILES string of the molecule is Cc1cccc(OCc2cc(C)[nH]c(=O)c2C#N)c1. The molecule has 0 radical (unpaired) electrons. The number of aryl methyl sites for hydroxylation is 2. The predicted molar refractivity (Wildman–Crippen MR) is 72.0 cm³/mol. The molecule has 0 saturated carbocycles. The molecule has 4 heteroatoms. The van der Waals surface area contributed by atoms with Crippen molar-refractivity contribution in [2.24, 2.45) is 0 Å². The van der Waals surface area contributed by atoms with Crippen LogP contribution >= 0.6 is 0 Å². The molecule has 0 bridgehead atoms. The van der Waals surface area contributed by atoms with Crippen LogP contribution < -0.4 is 10.3 Å². The lowest BCUT2D eigenvalue weighted by molar-refractivity contribution is 0.305. The van der Waals surface area contributed by atoms with Crippen LogP contribution in [0.5, 0.6) is 5.75 Å². The quantitative estimate of drug-likeness (QED) is 0.914. The van der Waals surface area contributed by atoms with Crippen molar-refractivity contribution in [3.63, 3.8) is 0 Å². The van der Waals surface area contributed by atoms with Crippen LogP contribution in [-0.4, -0.2) is 4.98 Å². The van der Waals surface area contributed by atoms with Crippen molar-refractivity contribution in [2.45, 2.75) is 20.5 Å². The molecule has 0 fully saturated rings. The predicted octanol–water partition coefficient (Wildman–Crippen LogP) is 2.44. The zero-order valence-electron chi connectivity index (χ0n) is 10.9. The lowest BCUT2D eigenvalue weighted by Gasteiger charge is -2.08. The molecule has 4 nitrogen and oxygen atoms in total. The number of nitrogens with zero attached hydrogens (tertiary/aromatic N) is 1. The van der Waals surface area contributed by atoms with Gasteiger partial charge in [0.2, 0.25) is 0 Å². The molecule has 0 unspecified atom stereocenters. The molecule has 1 heterocycles. The van der Waals surface area contributed by atoms with Gasteiger partial charge >= 0.3 is 0 Å². The number of hydrogen-bond donors (Lipinski definition) is 1. The van der Waals surface area contributed by atoms with Gasteiger partial charge in [-0.25, -0.2) is 0 Å². The number of hydrogen-bond acceptors (Lipinski definition) is 3. The van der Waals surface area contributed by atoms with Gasteiger partial charge < -0.3 is 9.72 Å². The van der Waals surface area contributed by atoms with Crippen molar-refractivity contribution >= 4 is 0 Å². The van der Waals surface area contributed by atoms with Crippen molar-refractivity contribution in [3.05, 3.63) is 63.1 Å². The van der Waals surface area contributed by atoms with E-state index in [0.717, 1.165) is 11.3 Å². The summed E-state index contributed by atoms with van der Waals surface area (Å²) in [6, 6.07) is 11.3. The molecule has 1 aromatic heterocycles. The van der Waals surface area contributed by atoms with Gasteiger partial charge in [0.15, 0.2) is 0 Å². The van der Waals surface area contributed by atoms with Crippen molar-refractivity contribution < 1.29 is 4.74 Å². The molecule has 1 aromatic carbocycles. The summed E-state index contributed by atoms with van der Waals surface area (Å²) in [7, 11) is 0. The van der Waals surface area contributed by atoms with E-state index in [1.54, 1.807) is 13.0 Å². The average molecular weight is 254 g/mol. The highest BCUT2D eigenvalue weighted by molar-refractivity contribution is 5.36. The van der Waals surface area contributed by atoms with E-state index in [4.69, 9.17) is 10.00 Å². The van der Waals surface area contributed by atoms with Crippen molar-refractivity contribution in [1.82, 2.24) is 4.98 Å². The van der Waals surface area contributed by atoms with Gasteiger partial charge in [-0.05, 0) is 37.6 Å². The third-order valence-electron chi connectivity index (χ3n) is 2.75. The maximum Gasteiger partial charge on any atom is 0.266 e. The van der Waals surface area contributed by atoms with E-state index in [1.165, 1.54) is 0 Å². The molecule has 0 spiro atoms. The van der Waals surface area contributed by atoms with Crippen LogP contribution in [0.2, 0.25) is 0 Å². The Labute approximate surface area is 111 Å². The molecule has 0 aliphatic rings. The molecule has 1 N–H and O–H groups in total. The minimum absolute atomic E-state index is 0.109. The van der Waals surface area contributed by atoms with Gasteiger partial charge in [0.25, 0.3) is 5.56 Å². The Kier molecular flexibility index (Phi) is 3.67. The summed E-state index contributed by atoms with van der Waals surface area (Å²) >= 11 is 0. The van der Waals surface area contributed by atoms with E-state index >= 15 is 0 Å². The molecule has 0 aliphatic carbocycles. The maximum atomic E-state index is 11.6. The fraction of sp³-hybridized carbons (Fsp3) is 0.200. The lowest BCUT2D eigenvalue weighted by atomic mass is 10.1. The number of ether oxygens (including phenoxy) is 1. The van der Waals surface area contributed by atoms with Crippen LogP contribution in [0.25, 0.3) is 0 Å². The minimum atomic E-state index is -0.370. The normalized spacial score (nSPS) is 9.95. The maximum absolute atomic E-state index is 11.6. The first kappa shape index (κ1) is 12.9. The first-order valence-corrected chi connectivity index (χ1v) is 5.92. The van der Waals surface area contributed by atoms with Gasteiger partial charge in [0, 0.05) is 11.3 Å². The number of aromatic amines is 1. The Balaban J connectivity index is 2.25. The molecule has 19 heavy (non-hydrogen) atoms. The van der Waals surface area contributed by atoms with E-state index in [1.807, 2.05) is 37.3 Å². The van der Waals surface area contributed by atoms with Gasteiger partial charge in [-0.1, -0.05) is 12.1 Å². The molecule has 0 aliphatic heterocycles. The number of aromatic nitrogens is 1. The summed E-state index contributed by atoms with van der Waals surface area (Å²) in [5, 5.41) is 9.01. The van der Waals surface area contributed by atoms with Crippen LogP contribution in [0.15, 0.2) is 35.1 Å². The minimum Gasteiger partial charge on any atom is -0.489 e. The number of benzene rings is 1. The van der Waals surface area contributed by atoms with Crippen molar-refractivity contribution in [3.8, 4) is 11.8 Å². The van der Waals surface area contributed by atoms with Crippen LogP contribution in [0.1, 0.15) is 22.4 Å². The number of pyridine rings is 1. The summed E-state index contributed by atoms with van der Waals surface area (Å²) in [5.74, 6) is 0.724. The zero-order chi connectivity index (χ0) is 13.8. The smallest absolute Gasteiger partial charge is 0.266 e. The fourth-order valence-electron chi connectivity index (χ4n) is 1.86. The summed E-state index contributed by atoms with van der Waals surface area (Å²) in [6.07, 6.45) is 0. The second kappa shape index (κ2) is 5.40. The number of rotatable bonds is 3. The zero-order valence-corrected chi connectivity index (χ0v) is 10.9. The van der Waals surface area contributed by atoms with E-state index in [9.17, 15) is 4.79 Å².